The van der Waals surface area contributed by atoms with Crippen molar-refractivity contribution in [3.8, 4) is 5.75 Å². The summed E-state index contributed by atoms with van der Waals surface area (Å²) in [5.41, 5.74) is 1.66. The Hall–Kier alpha value is -1.05. The lowest BCUT2D eigenvalue weighted by Gasteiger charge is -2.13. The van der Waals surface area contributed by atoms with E-state index in [9.17, 15) is 13.5 Å². The van der Waals surface area contributed by atoms with E-state index in [2.05, 4.69) is 36.6 Å². The number of para-hydroxylation sites is 1. The highest BCUT2D eigenvalue weighted by Crippen LogP contribution is 2.33. The minimum Gasteiger partial charge on any atom is -0.505 e. The molecule has 7 heteroatoms. The molecule has 2 N–H and O–H groups in total. The fourth-order valence-electron chi connectivity index (χ4n) is 1.78. The largest absolute Gasteiger partial charge is 0.505 e. The zero-order chi connectivity index (χ0) is 15.8. The number of phenols is 1. The highest BCUT2D eigenvalue weighted by atomic mass is 79.9. The molecule has 2 rings (SSSR count). The third kappa shape index (κ3) is 3.41. The number of rotatable bonds is 3. The van der Waals surface area contributed by atoms with Gasteiger partial charge in [0.25, 0.3) is 10.0 Å². The number of hydrogen-bond acceptors (Lipinski definition) is 3. The molecule has 0 fully saturated rings. The number of benzene rings is 2. The van der Waals surface area contributed by atoms with Crippen molar-refractivity contribution >= 4 is 47.6 Å². The van der Waals surface area contributed by atoms with Crippen molar-refractivity contribution in [1.82, 2.24) is 0 Å². The van der Waals surface area contributed by atoms with Crippen LogP contribution >= 0.6 is 31.9 Å². The summed E-state index contributed by atoms with van der Waals surface area (Å²) in [5.74, 6) is -0.0802. The predicted octanol–water partition coefficient (Wildman–Crippen LogP) is 4.33. The van der Waals surface area contributed by atoms with Gasteiger partial charge in [0.1, 0.15) is 10.6 Å². The average molecular weight is 435 g/mol. The normalized spacial score (nSPS) is 11.4. The van der Waals surface area contributed by atoms with Crippen molar-refractivity contribution < 1.29 is 13.5 Å². The van der Waals surface area contributed by atoms with Gasteiger partial charge in [0.2, 0.25) is 0 Å². The summed E-state index contributed by atoms with van der Waals surface area (Å²) in [4.78, 5) is 0.0980. The standard InChI is InChI=1S/C14H13Br2NO3S/c1-8-4-3-5-12(14(8)18)17-21(19,20)13-7-10(15)9(2)6-11(13)16/h3-7,17-18H,1-2H3. The summed E-state index contributed by atoms with van der Waals surface area (Å²) in [6, 6.07) is 8.12. The van der Waals surface area contributed by atoms with Crippen LogP contribution < -0.4 is 4.72 Å². The monoisotopic (exact) mass is 433 g/mol. The second kappa shape index (κ2) is 5.98. The smallest absolute Gasteiger partial charge is 0.263 e. The Labute approximate surface area is 140 Å². The van der Waals surface area contributed by atoms with E-state index in [-0.39, 0.29) is 16.3 Å². The molecule has 0 aliphatic rings. The van der Waals surface area contributed by atoms with Crippen molar-refractivity contribution in [3.05, 3.63) is 50.4 Å². The van der Waals surface area contributed by atoms with Crippen LogP contribution in [0.15, 0.2) is 44.2 Å². The average Bonchev–Trinajstić information content (AvgIpc) is 2.39. The summed E-state index contributed by atoms with van der Waals surface area (Å²) in [5, 5.41) is 9.93. The molecule has 0 spiro atoms. The van der Waals surface area contributed by atoms with E-state index in [1.165, 1.54) is 12.1 Å². The fraction of sp³-hybridized carbons (Fsp3) is 0.143. The van der Waals surface area contributed by atoms with Gasteiger partial charge in [-0.15, -0.1) is 0 Å². The first kappa shape index (κ1) is 16.3. The minimum absolute atomic E-state index is 0.0802. The topological polar surface area (TPSA) is 66.4 Å². The van der Waals surface area contributed by atoms with E-state index in [0.29, 0.717) is 14.5 Å². The van der Waals surface area contributed by atoms with E-state index in [1.807, 2.05) is 6.92 Å². The molecular weight excluding hydrogens is 422 g/mol. The van der Waals surface area contributed by atoms with Crippen LogP contribution in [0, 0.1) is 13.8 Å². The maximum atomic E-state index is 12.5. The molecule has 2 aromatic rings. The van der Waals surface area contributed by atoms with Crippen molar-refractivity contribution in [2.24, 2.45) is 0 Å². The lowest BCUT2D eigenvalue weighted by molar-refractivity contribution is 0.473. The zero-order valence-corrected chi connectivity index (χ0v) is 15.3. The molecule has 112 valence electrons. The first-order valence-corrected chi connectivity index (χ1v) is 9.06. The highest BCUT2D eigenvalue weighted by molar-refractivity contribution is 9.11. The maximum absolute atomic E-state index is 12.5. The summed E-state index contributed by atoms with van der Waals surface area (Å²) in [7, 11) is -3.81. The predicted molar refractivity (Wildman–Crippen MR) is 90.2 cm³/mol. The second-order valence-corrected chi connectivity index (χ2v) is 7.97. The molecule has 2 aromatic carbocycles. The van der Waals surface area contributed by atoms with Crippen LogP contribution in [0.1, 0.15) is 11.1 Å². The molecule has 0 radical (unpaired) electrons. The molecule has 21 heavy (non-hydrogen) atoms. The lowest BCUT2D eigenvalue weighted by Crippen LogP contribution is -2.14. The molecule has 0 amide bonds. The van der Waals surface area contributed by atoms with Gasteiger partial charge in [0.15, 0.2) is 0 Å². The zero-order valence-electron chi connectivity index (χ0n) is 11.3. The van der Waals surface area contributed by atoms with Gasteiger partial charge in [0, 0.05) is 8.95 Å². The summed E-state index contributed by atoms with van der Waals surface area (Å²) in [6.07, 6.45) is 0. The lowest BCUT2D eigenvalue weighted by atomic mass is 10.2. The minimum atomic E-state index is -3.81. The Balaban J connectivity index is 2.48. The number of nitrogens with one attached hydrogen (secondary N) is 1. The molecule has 0 atom stereocenters. The van der Waals surface area contributed by atoms with E-state index >= 15 is 0 Å². The number of aromatic hydroxyl groups is 1. The number of aryl methyl sites for hydroxylation is 2. The number of halogens is 2. The first-order chi connectivity index (χ1) is 9.72. The quantitative estimate of drug-likeness (QED) is 0.706. The van der Waals surface area contributed by atoms with Crippen molar-refractivity contribution in [2.75, 3.05) is 4.72 Å². The Morgan fingerprint density at radius 3 is 2.38 bits per heavy atom. The molecule has 0 heterocycles. The fourth-order valence-corrected chi connectivity index (χ4v) is 4.52. The van der Waals surface area contributed by atoms with Crippen LogP contribution in [-0.2, 0) is 10.0 Å². The van der Waals surface area contributed by atoms with E-state index < -0.39 is 10.0 Å². The molecule has 0 saturated carbocycles. The van der Waals surface area contributed by atoms with Gasteiger partial charge in [-0.3, -0.25) is 4.72 Å². The summed E-state index contributed by atoms with van der Waals surface area (Å²) in [6.45, 7) is 3.57. The number of hydrogen-bond donors (Lipinski definition) is 2. The molecule has 0 aliphatic heterocycles. The molecule has 0 bridgehead atoms. The molecule has 0 aromatic heterocycles. The van der Waals surface area contributed by atoms with Crippen LogP contribution in [0.4, 0.5) is 5.69 Å². The van der Waals surface area contributed by atoms with E-state index in [4.69, 9.17) is 0 Å². The third-order valence-electron chi connectivity index (χ3n) is 2.98. The SMILES string of the molecule is Cc1cc(Br)c(S(=O)(=O)Nc2cccc(C)c2O)cc1Br. The number of anilines is 1. The van der Waals surface area contributed by atoms with E-state index in [0.717, 1.165) is 5.56 Å². The molecule has 4 nitrogen and oxygen atoms in total. The van der Waals surface area contributed by atoms with Crippen LogP contribution in [-0.4, -0.2) is 13.5 Å². The van der Waals surface area contributed by atoms with Gasteiger partial charge in [-0.05, 0) is 59.1 Å². The van der Waals surface area contributed by atoms with Crippen molar-refractivity contribution in [2.45, 2.75) is 18.7 Å². The first-order valence-electron chi connectivity index (χ1n) is 5.99. The highest BCUT2D eigenvalue weighted by Gasteiger charge is 2.20. The van der Waals surface area contributed by atoms with Gasteiger partial charge >= 0.3 is 0 Å². The van der Waals surface area contributed by atoms with Crippen LogP contribution in [0.3, 0.4) is 0 Å². The number of sulfonamides is 1. The Morgan fingerprint density at radius 2 is 1.71 bits per heavy atom. The summed E-state index contributed by atoms with van der Waals surface area (Å²) < 4.78 is 28.5. The van der Waals surface area contributed by atoms with Gasteiger partial charge in [-0.1, -0.05) is 28.1 Å². The van der Waals surface area contributed by atoms with Crippen LogP contribution in [0.2, 0.25) is 0 Å². The molecular formula is C14H13Br2NO3S. The Kier molecular flexibility index (Phi) is 4.65. The molecule has 0 unspecified atom stereocenters. The molecule has 0 saturated heterocycles. The second-order valence-electron chi connectivity index (χ2n) is 4.61. The Bertz CT molecular complexity index is 804. The van der Waals surface area contributed by atoms with Gasteiger partial charge in [-0.2, -0.15) is 0 Å². The van der Waals surface area contributed by atoms with E-state index in [1.54, 1.807) is 25.1 Å². The number of phenolic OH excluding ortho intramolecular Hbond substituents is 1. The molecule has 0 aliphatic carbocycles. The maximum Gasteiger partial charge on any atom is 0.263 e. The van der Waals surface area contributed by atoms with Crippen LogP contribution in [0.25, 0.3) is 0 Å². The van der Waals surface area contributed by atoms with Gasteiger partial charge in [0.05, 0.1) is 5.69 Å². The van der Waals surface area contributed by atoms with Crippen LogP contribution in [0.5, 0.6) is 5.75 Å². The van der Waals surface area contributed by atoms with Crippen molar-refractivity contribution in [1.29, 1.82) is 0 Å². The Morgan fingerprint density at radius 1 is 1.05 bits per heavy atom. The summed E-state index contributed by atoms with van der Waals surface area (Å²) >= 11 is 6.58. The van der Waals surface area contributed by atoms with Crippen molar-refractivity contribution in [3.63, 3.8) is 0 Å². The van der Waals surface area contributed by atoms with Gasteiger partial charge in [-0.25, -0.2) is 8.42 Å². The van der Waals surface area contributed by atoms with Gasteiger partial charge < -0.3 is 5.11 Å². The third-order valence-corrected chi connectivity index (χ3v) is 6.16.